The van der Waals surface area contributed by atoms with E-state index >= 15 is 0 Å². The first-order valence-electron chi connectivity index (χ1n) is 3.90. The number of ether oxygens (including phenoxy) is 1. The van der Waals surface area contributed by atoms with E-state index in [2.05, 4.69) is 27.6 Å². The standard InChI is InChI=1S/C9H9IN2O/c1-6-9(13-2)11-8-4-3-7(10)5-12(6)8/h3-5H,1-2H3. The summed E-state index contributed by atoms with van der Waals surface area (Å²) in [5.74, 6) is 0.696. The third-order valence-corrected chi connectivity index (χ3v) is 2.61. The lowest BCUT2D eigenvalue weighted by molar-refractivity contribution is 0.397. The second-order valence-electron chi connectivity index (χ2n) is 2.78. The Morgan fingerprint density at radius 1 is 1.46 bits per heavy atom. The number of methoxy groups -OCH3 is 1. The summed E-state index contributed by atoms with van der Waals surface area (Å²) in [6, 6.07) is 4.01. The summed E-state index contributed by atoms with van der Waals surface area (Å²) in [4.78, 5) is 4.31. The lowest BCUT2D eigenvalue weighted by Crippen LogP contribution is -1.89. The number of fused-ring (bicyclic) bond motifs is 1. The third kappa shape index (κ3) is 1.39. The number of hydrogen-bond donors (Lipinski definition) is 0. The Balaban J connectivity index is 2.77. The van der Waals surface area contributed by atoms with Crippen LogP contribution in [0.25, 0.3) is 5.65 Å². The molecule has 0 saturated carbocycles. The van der Waals surface area contributed by atoms with Gasteiger partial charge in [0.05, 0.1) is 12.8 Å². The van der Waals surface area contributed by atoms with Gasteiger partial charge in [-0.2, -0.15) is 4.98 Å². The molecule has 0 unspecified atom stereocenters. The topological polar surface area (TPSA) is 26.5 Å². The number of imidazole rings is 1. The minimum atomic E-state index is 0.696. The van der Waals surface area contributed by atoms with Gasteiger partial charge in [-0.05, 0) is 41.6 Å². The van der Waals surface area contributed by atoms with E-state index in [-0.39, 0.29) is 0 Å². The first kappa shape index (κ1) is 8.80. The lowest BCUT2D eigenvalue weighted by atomic mass is 10.4. The van der Waals surface area contributed by atoms with E-state index < -0.39 is 0 Å². The molecule has 0 spiro atoms. The molecule has 0 amide bonds. The molecule has 2 aromatic heterocycles. The Hall–Kier alpha value is -0.780. The molecular formula is C9H9IN2O. The van der Waals surface area contributed by atoms with Crippen molar-refractivity contribution in [3.63, 3.8) is 0 Å². The summed E-state index contributed by atoms with van der Waals surface area (Å²) >= 11 is 2.28. The average Bonchev–Trinajstić information content (AvgIpc) is 2.44. The Morgan fingerprint density at radius 3 is 2.92 bits per heavy atom. The summed E-state index contributed by atoms with van der Waals surface area (Å²) in [5.41, 5.74) is 1.96. The van der Waals surface area contributed by atoms with Gasteiger partial charge >= 0.3 is 0 Å². The smallest absolute Gasteiger partial charge is 0.235 e. The number of nitrogens with zero attached hydrogens (tertiary/aromatic N) is 2. The van der Waals surface area contributed by atoms with E-state index in [9.17, 15) is 0 Å². The molecule has 2 rings (SSSR count). The monoisotopic (exact) mass is 288 g/mol. The summed E-state index contributed by atoms with van der Waals surface area (Å²) in [6.07, 6.45) is 2.04. The highest BCUT2D eigenvalue weighted by atomic mass is 127. The molecule has 3 nitrogen and oxygen atoms in total. The number of hydrogen-bond acceptors (Lipinski definition) is 2. The molecule has 0 aromatic carbocycles. The fourth-order valence-corrected chi connectivity index (χ4v) is 1.77. The molecule has 4 heteroatoms. The first-order valence-corrected chi connectivity index (χ1v) is 4.98. The molecule has 0 aliphatic heterocycles. The lowest BCUT2D eigenvalue weighted by Gasteiger charge is -1.96. The van der Waals surface area contributed by atoms with Crippen LogP contribution in [0.1, 0.15) is 5.69 Å². The number of halogens is 1. The van der Waals surface area contributed by atoms with E-state index in [0.717, 1.165) is 11.3 Å². The predicted molar refractivity (Wildman–Crippen MR) is 59.2 cm³/mol. The zero-order chi connectivity index (χ0) is 9.42. The van der Waals surface area contributed by atoms with Gasteiger partial charge in [0.15, 0.2) is 0 Å². The maximum Gasteiger partial charge on any atom is 0.235 e. The molecule has 0 radical (unpaired) electrons. The number of aryl methyl sites for hydroxylation is 1. The Morgan fingerprint density at radius 2 is 2.23 bits per heavy atom. The van der Waals surface area contributed by atoms with Gasteiger partial charge in [0.1, 0.15) is 5.65 Å². The van der Waals surface area contributed by atoms with Crippen LogP contribution >= 0.6 is 22.6 Å². The van der Waals surface area contributed by atoms with Crippen molar-refractivity contribution < 1.29 is 4.74 Å². The number of rotatable bonds is 1. The summed E-state index contributed by atoms with van der Waals surface area (Å²) in [7, 11) is 1.64. The highest BCUT2D eigenvalue weighted by Crippen LogP contribution is 2.19. The van der Waals surface area contributed by atoms with Gasteiger partial charge in [-0.3, -0.25) is 4.40 Å². The molecule has 0 N–H and O–H groups in total. The molecule has 68 valence electrons. The van der Waals surface area contributed by atoms with Gasteiger partial charge < -0.3 is 4.74 Å². The molecule has 0 bridgehead atoms. The predicted octanol–water partition coefficient (Wildman–Crippen LogP) is 2.26. The van der Waals surface area contributed by atoms with Crippen molar-refractivity contribution in [3.8, 4) is 5.88 Å². The average molecular weight is 288 g/mol. The Bertz CT molecular complexity index is 450. The Kier molecular flexibility index (Phi) is 2.15. The molecule has 0 fully saturated rings. The third-order valence-electron chi connectivity index (χ3n) is 1.97. The summed E-state index contributed by atoms with van der Waals surface area (Å²) < 4.78 is 8.35. The van der Waals surface area contributed by atoms with Crippen LogP contribution in [-0.4, -0.2) is 16.5 Å². The van der Waals surface area contributed by atoms with Gasteiger partial charge in [-0.25, -0.2) is 0 Å². The molecular weight excluding hydrogens is 279 g/mol. The maximum absolute atomic E-state index is 5.14. The van der Waals surface area contributed by atoms with E-state index in [4.69, 9.17) is 4.74 Å². The van der Waals surface area contributed by atoms with Crippen LogP contribution in [0.3, 0.4) is 0 Å². The summed E-state index contributed by atoms with van der Waals surface area (Å²) in [5, 5.41) is 0. The van der Waals surface area contributed by atoms with Crippen molar-refractivity contribution in [2.75, 3.05) is 7.11 Å². The van der Waals surface area contributed by atoms with Crippen molar-refractivity contribution in [2.24, 2.45) is 0 Å². The second-order valence-corrected chi connectivity index (χ2v) is 4.03. The van der Waals surface area contributed by atoms with Crippen LogP contribution in [0.15, 0.2) is 18.3 Å². The molecule has 0 aliphatic carbocycles. The van der Waals surface area contributed by atoms with Crippen LogP contribution in [0, 0.1) is 10.5 Å². The van der Waals surface area contributed by atoms with E-state index in [1.54, 1.807) is 7.11 Å². The van der Waals surface area contributed by atoms with Crippen LogP contribution < -0.4 is 4.74 Å². The van der Waals surface area contributed by atoms with Crippen molar-refractivity contribution in [2.45, 2.75) is 6.92 Å². The van der Waals surface area contributed by atoms with Crippen molar-refractivity contribution in [3.05, 3.63) is 27.6 Å². The molecule has 2 heterocycles. The van der Waals surface area contributed by atoms with Crippen molar-refractivity contribution in [1.82, 2.24) is 9.38 Å². The van der Waals surface area contributed by atoms with E-state index in [1.807, 2.05) is 29.7 Å². The zero-order valence-corrected chi connectivity index (χ0v) is 9.57. The fourth-order valence-electron chi connectivity index (χ4n) is 1.31. The van der Waals surface area contributed by atoms with Crippen LogP contribution in [0.2, 0.25) is 0 Å². The van der Waals surface area contributed by atoms with Gasteiger partial charge in [0.2, 0.25) is 5.88 Å². The van der Waals surface area contributed by atoms with Gasteiger partial charge in [0.25, 0.3) is 0 Å². The molecule has 0 atom stereocenters. The normalized spacial score (nSPS) is 10.7. The molecule has 0 aliphatic rings. The van der Waals surface area contributed by atoms with Crippen molar-refractivity contribution >= 4 is 28.2 Å². The maximum atomic E-state index is 5.14. The summed E-state index contributed by atoms with van der Waals surface area (Å²) in [6.45, 7) is 1.99. The molecule has 2 aromatic rings. The van der Waals surface area contributed by atoms with Crippen molar-refractivity contribution in [1.29, 1.82) is 0 Å². The zero-order valence-electron chi connectivity index (χ0n) is 7.41. The highest BCUT2D eigenvalue weighted by Gasteiger charge is 2.07. The second kappa shape index (κ2) is 3.17. The Labute approximate surface area is 89.9 Å². The minimum absolute atomic E-state index is 0.696. The molecule has 13 heavy (non-hydrogen) atoms. The highest BCUT2D eigenvalue weighted by molar-refractivity contribution is 14.1. The largest absolute Gasteiger partial charge is 0.480 e. The first-order chi connectivity index (χ1) is 6.22. The van der Waals surface area contributed by atoms with E-state index in [0.29, 0.717) is 5.88 Å². The fraction of sp³-hybridized carbons (Fsp3) is 0.222. The molecule has 0 saturated heterocycles. The van der Waals surface area contributed by atoms with Gasteiger partial charge in [-0.1, -0.05) is 0 Å². The van der Waals surface area contributed by atoms with E-state index in [1.165, 1.54) is 3.57 Å². The van der Waals surface area contributed by atoms with Crippen LogP contribution in [-0.2, 0) is 0 Å². The SMILES string of the molecule is COc1nc2ccc(I)cn2c1C. The van der Waals surface area contributed by atoms with Crippen LogP contribution in [0.5, 0.6) is 5.88 Å². The van der Waals surface area contributed by atoms with Crippen LogP contribution in [0.4, 0.5) is 0 Å². The number of aromatic nitrogens is 2. The van der Waals surface area contributed by atoms with Gasteiger partial charge in [-0.15, -0.1) is 0 Å². The van der Waals surface area contributed by atoms with Gasteiger partial charge in [0, 0.05) is 9.77 Å². The quantitative estimate of drug-likeness (QED) is 0.752. The number of pyridine rings is 1. The minimum Gasteiger partial charge on any atom is -0.480 e.